The Morgan fingerprint density at radius 2 is 1.95 bits per heavy atom. The third-order valence-electron chi connectivity index (χ3n) is 2.72. The first-order valence-corrected chi connectivity index (χ1v) is 7.86. The van der Waals surface area contributed by atoms with E-state index < -0.39 is 0 Å². The van der Waals surface area contributed by atoms with E-state index in [1.54, 1.807) is 11.8 Å². The standard InChI is InChI=1S/C15H26N4S.HI/c1-6-19(7-2)14(16)18-11-12-8-9-17-13(10-12)20-15(3,4)5;/h8-10H,6-7,11H2,1-5H3,(H2,16,18);1H. The molecule has 0 atom stereocenters. The van der Waals surface area contributed by atoms with Crippen molar-refractivity contribution >= 4 is 41.7 Å². The molecule has 6 heteroatoms. The van der Waals surface area contributed by atoms with Crippen LogP contribution in [0.1, 0.15) is 40.2 Å². The molecule has 0 spiro atoms. The maximum Gasteiger partial charge on any atom is 0.191 e. The van der Waals surface area contributed by atoms with Crippen LogP contribution < -0.4 is 5.73 Å². The second-order valence-corrected chi connectivity index (χ2v) is 7.41. The molecule has 0 saturated carbocycles. The van der Waals surface area contributed by atoms with Crippen molar-refractivity contribution in [1.82, 2.24) is 9.88 Å². The highest BCUT2D eigenvalue weighted by atomic mass is 127. The van der Waals surface area contributed by atoms with E-state index in [0.29, 0.717) is 12.5 Å². The van der Waals surface area contributed by atoms with E-state index in [-0.39, 0.29) is 28.7 Å². The number of hydrogen-bond acceptors (Lipinski definition) is 3. The van der Waals surface area contributed by atoms with Gasteiger partial charge < -0.3 is 10.6 Å². The van der Waals surface area contributed by atoms with Crippen molar-refractivity contribution < 1.29 is 0 Å². The minimum Gasteiger partial charge on any atom is -0.370 e. The largest absolute Gasteiger partial charge is 0.370 e. The van der Waals surface area contributed by atoms with Crippen LogP contribution in [0, 0.1) is 0 Å². The number of nitrogens with two attached hydrogens (primary N) is 1. The molecule has 0 amide bonds. The molecule has 0 aliphatic heterocycles. The molecule has 21 heavy (non-hydrogen) atoms. The van der Waals surface area contributed by atoms with Crippen LogP contribution in [-0.4, -0.2) is 33.7 Å². The lowest BCUT2D eigenvalue weighted by Crippen LogP contribution is -2.37. The van der Waals surface area contributed by atoms with Crippen molar-refractivity contribution in [3.63, 3.8) is 0 Å². The average Bonchev–Trinajstić information content (AvgIpc) is 2.36. The molecule has 0 fully saturated rings. The summed E-state index contributed by atoms with van der Waals surface area (Å²) in [7, 11) is 0. The normalized spacial score (nSPS) is 12.0. The first kappa shape index (κ1) is 20.5. The quantitative estimate of drug-likeness (QED) is 0.340. The van der Waals surface area contributed by atoms with Gasteiger partial charge in [0.05, 0.1) is 11.6 Å². The van der Waals surface area contributed by atoms with Gasteiger partial charge in [-0.05, 0) is 31.5 Å². The Hall–Kier alpha value is -0.500. The zero-order chi connectivity index (χ0) is 15.2. The van der Waals surface area contributed by atoms with Gasteiger partial charge in [-0.25, -0.2) is 9.98 Å². The van der Waals surface area contributed by atoms with Crippen LogP contribution in [0.4, 0.5) is 0 Å². The van der Waals surface area contributed by atoms with Crippen molar-refractivity contribution in [3.05, 3.63) is 23.9 Å². The number of aliphatic imine (C=N–C) groups is 1. The zero-order valence-electron chi connectivity index (χ0n) is 13.6. The van der Waals surface area contributed by atoms with Crippen LogP contribution >= 0.6 is 35.7 Å². The Kier molecular flexibility index (Phi) is 9.28. The van der Waals surface area contributed by atoms with Crippen molar-refractivity contribution in [3.8, 4) is 0 Å². The van der Waals surface area contributed by atoms with E-state index in [1.165, 1.54) is 0 Å². The Labute approximate surface area is 150 Å². The van der Waals surface area contributed by atoms with E-state index >= 15 is 0 Å². The molecule has 1 aromatic heterocycles. The predicted molar refractivity (Wildman–Crippen MR) is 104 cm³/mol. The van der Waals surface area contributed by atoms with E-state index in [4.69, 9.17) is 5.73 Å². The Bertz CT molecular complexity index is 453. The summed E-state index contributed by atoms with van der Waals surface area (Å²) >= 11 is 1.76. The number of aromatic nitrogens is 1. The molecule has 4 nitrogen and oxygen atoms in total. The number of nitrogens with zero attached hydrogens (tertiary/aromatic N) is 3. The van der Waals surface area contributed by atoms with Gasteiger partial charge >= 0.3 is 0 Å². The molecule has 1 heterocycles. The molecule has 1 rings (SSSR count). The van der Waals surface area contributed by atoms with Crippen molar-refractivity contribution in [1.29, 1.82) is 0 Å². The summed E-state index contributed by atoms with van der Waals surface area (Å²) in [6.45, 7) is 13.1. The monoisotopic (exact) mass is 422 g/mol. The van der Waals surface area contributed by atoms with Crippen LogP contribution in [0.25, 0.3) is 0 Å². The van der Waals surface area contributed by atoms with Gasteiger partial charge in [-0.3, -0.25) is 0 Å². The molecule has 0 aromatic carbocycles. The molecule has 0 unspecified atom stereocenters. The average molecular weight is 422 g/mol. The van der Waals surface area contributed by atoms with Gasteiger partial charge in [-0.15, -0.1) is 35.7 Å². The number of rotatable bonds is 5. The van der Waals surface area contributed by atoms with E-state index in [2.05, 4.69) is 50.7 Å². The topological polar surface area (TPSA) is 54.5 Å². The number of hydrogen-bond donors (Lipinski definition) is 1. The maximum absolute atomic E-state index is 5.98. The summed E-state index contributed by atoms with van der Waals surface area (Å²) in [6.07, 6.45) is 1.84. The number of guanidine groups is 1. The summed E-state index contributed by atoms with van der Waals surface area (Å²) in [6, 6.07) is 4.08. The van der Waals surface area contributed by atoms with Gasteiger partial charge in [0.25, 0.3) is 0 Å². The van der Waals surface area contributed by atoms with Gasteiger partial charge in [-0.1, -0.05) is 20.8 Å². The molecule has 0 saturated heterocycles. The summed E-state index contributed by atoms with van der Waals surface area (Å²) in [5.41, 5.74) is 7.12. The van der Waals surface area contributed by atoms with Crippen molar-refractivity contribution in [2.75, 3.05) is 13.1 Å². The summed E-state index contributed by atoms with van der Waals surface area (Å²) in [5.74, 6) is 0.608. The second-order valence-electron chi connectivity index (χ2n) is 5.56. The second kappa shape index (κ2) is 9.50. The Morgan fingerprint density at radius 1 is 1.33 bits per heavy atom. The molecule has 120 valence electrons. The highest BCUT2D eigenvalue weighted by Gasteiger charge is 2.13. The molecule has 0 bridgehead atoms. The lowest BCUT2D eigenvalue weighted by atomic mass is 10.3. The summed E-state index contributed by atoms with van der Waals surface area (Å²) in [5, 5.41) is 1.03. The predicted octanol–water partition coefficient (Wildman–Crippen LogP) is 3.75. The van der Waals surface area contributed by atoms with Gasteiger partial charge in [-0.2, -0.15) is 0 Å². The number of pyridine rings is 1. The zero-order valence-corrected chi connectivity index (χ0v) is 16.7. The highest BCUT2D eigenvalue weighted by Crippen LogP contribution is 2.30. The Balaban J connectivity index is 0.00000400. The lowest BCUT2D eigenvalue weighted by Gasteiger charge is -2.19. The highest BCUT2D eigenvalue weighted by molar-refractivity contribution is 14.0. The molecule has 0 aliphatic rings. The van der Waals surface area contributed by atoms with Gasteiger partial charge in [0.2, 0.25) is 0 Å². The van der Waals surface area contributed by atoms with Crippen LogP contribution in [0.5, 0.6) is 0 Å². The first-order chi connectivity index (χ1) is 9.35. The third-order valence-corrected chi connectivity index (χ3v) is 3.77. The molecule has 0 radical (unpaired) electrons. The van der Waals surface area contributed by atoms with Crippen LogP contribution in [0.15, 0.2) is 28.3 Å². The van der Waals surface area contributed by atoms with Gasteiger partial charge in [0.15, 0.2) is 5.96 Å². The number of thioether (sulfide) groups is 1. The minimum absolute atomic E-state index is 0. The smallest absolute Gasteiger partial charge is 0.191 e. The molecule has 1 aromatic rings. The third kappa shape index (κ3) is 7.90. The molecule has 0 aliphatic carbocycles. The summed E-state index contributed by atoms with van der Waals surface area (Å²) in [4.78, 5) is 10.9. The molecule has 2 N–H and O–H groups in total. The molecular weight excluding hydrogens is 395 g/mol. The fourth-order valence-electron chi connectivity index (χ4n) is 1.74. The van der Waals surface area contributed by atoms with Gasteiger partial charge in [0.1, 0.15) is 0 Å². The Morgan fingerprint density at radius 3 is 2.48 bits per heavy atom. The van der Waals surface area contributed by atoms with E-state index in [0.717, 1.165) is 23.7 Å². The molecular formula is C15H27IN4S. The van der Waals surface area contributed by atoms with Crippen molar-refractivity contribution in [2.45, 2.75) is 50.9 Å². The van der Waals surface area contributed by atoms with Gasteiger partial charge in [0, 0.05) is 24.0 Å². The van der Waals surface area contributed by atoms with Crippen LogP contribution in [0.2, 0.25) is 0 Å². The van der Waals surface area contributed by atoms with E-state index in [9.17, 15) is 0 Å². The lowest BCUT2D eigenvalue weighted by molar-refractivity contribution is 0.458. The van der Waals surface area contributed by atoms with E-state index in [1.807, 2.05) is 17.2 Å². The fourth-order valence-corrected chi connectivity index (χ4v) is 2.69. The van der Waals surface area contributed by atoms with Crippen LogP contribution in [-0.2, 0) is 6.54 Å². The van der Waals surface area contributed by atoms with Crippen LogP contribution in [0.3, 0.4) is 0 Å². The van der Waals surface area contributed by atoms with Crippen molar-refractivity contribution in [2.24, 2.45) is 10.7 Å². The fraction of sp³-hybridized carbons (Fsp3) is 0.600. The number of halogens is 1. The maximum atomic E-state index is 5.98. The SMILES string of the molecule is CCN(CC)C(N)=NCc1ccnc(SC(C)(C)C)c1.I. The summed E-state index contributed by atoms with van der Waals surface area (Å²) < 4.78 is 0.162. The minimum atomic E-state index is 0. The first-order valence-electron chi connectivity index (χ1n) is 7.04.